The molecule has 0 aromatic heterocycles. The minimum absolute atomic E-state index is 0.0541. The number of rotatable bonds is 4. The van der Waals surface area contributed by atoms with Crippen LogP contribution in [0.2, 0.25) is 0 Å². The van der Waals surface area contributed by atoms with Gasteiger partial charge in [-0.3, -0.25) is 4.79 Å². The molecule has 0 aromatic rings. The van der Waals surface area contributed by atoms with Crippen molar-refractivity contribution in [3.05, 3.63) is 0 Å². The quantitative estimate of drug-likeness (QED) is 0.773. The van der Waals surface area contributed by atoms with Gasteiger partial charge in [0.05, 0.1) is 5.54 Å². The molecule has 0 spiro atoms. The van der Waals surface area contributed by atoms with Crippen molar-refractivity contribution in [2.75, 3.05) is 0 Å². The smallest absolute Gasteiger partial charge is 0.240 e. The van der Waals surface area contributed by atoms with Crippen molar-refractivity contribution in [2.24, 2.45) is 5.73 Å². The van der Waals surface area contributed by atoms with Gasteiger partial charge >= 0.3 is 0 Å². The molecule has 3 nitrogen and oxygen atoms in total. The fraction of sp³-hybridized carbons (Fsp3) is 0.923. The summed E-state index contributed by atoms with van der Waals surface area (Å²) in [7, 11) is 0. The largest absolute Gasteiger partial charge is 0.349 e. The van der Waals surface area contributed by atoms with E-state index in [2.05, 4.69) is 26.1 Å². The molecule has 0 unspecified atom stereocenters. The SMILES string of the molecule is CCC(C)(CC)NC(=O)C1(N)CCCCC1. The first-order valence-corrected chi connectivity index (χ1v) is 6.57. The molecular weight excluding hydrogens is 200 g/mol. The maximum atomic E-state index is 12.2. The summed E-state index contributed by atoms with van der Waals surface area (Å²) in [5, 5.41) is 3.14. The Balaban J connectivity index is 2.63. The van der Waals surface area contributed by atoms with Gasteiger partial charge in [-0.15, -0.1) is 0 Å². The van der Waals surface area contributed by atoms with E-state index in [0.29, 0.717) is 0 Å². The number of nitrogens with two attached hydrogens (primary N) is 1. The average molecular weight is 226 g/mol. The Morgan fingerprint density at radius 2 is 1.75 bits per heavy atom. The second-order valence-electron chi connectivity index (χ2n) is 5.44. The third-order valence-electron chi connectivity index (χ3n) is 4.17. The lowest BCUT2D eigenvalue weighted by Gasteiger charge is -2.37. The Morgan fingerprint density at radius 1 is 1.25 bits per heavy atom. The van der Waals surface area contributed by atoms with E-state index in [1.54, 1.807) is 0 Å². The molecule has 1 amide bonds. The average Bonchev–Trinajstić information content (AvgIpc) is 2.30. The molecule has 16 heavy (non-hydrogen) atoms. The summed E-state index contributed by atoms with van der Waals surface area (Å²) in [6.07, 6.45) is 6.95. The first-order valence-electron chi connectivity index (χ1n) is 6.57. The number of nitrogens with one attached hydrogen (secondary N) is 1. The predicted octanol–water partition coefficient (Wildman–Crippen LogP) is 2.34. The molecule has 1 saturated carbocycles. The van der Waals surface area contributed by atoms with Gasteiger partial charge in [0.25, 0.3) is 0 Å². The second kappa shape index (κ2) is 5.17. The van der Waals surface area contributed by atoms with E-state index in [1.807, 2.05) is 0 Å². The van der Waals surface area contributed by atoms with Crippen LogP contribution in [0.25, 0.3) is 0 Å². The fourth-order valence-electron chi connectivity index (χ4n) is 2.24. The van der Waals surface area contributed by atoms with Crippen LogP contribution in [0.15, 0.2) is 0 Å². The molecule has 0 atom stereocenters. The molecule has 1 rings (SSSR count). The zero-order chi connectivity index (χ0) is 12.2. The molecule has 0 aromatic carbocycles. The minimum Gasteiger partial charge on any atom is -0.349 e. The van der Waals surface area contributed by atoms with Gasteiger partial charge < -0.3 is 11.1 Å². The molecule has 0 aliphatic heterocycles. The Hall–Kier alpha value is -0.570. The van der Waals surface area contributed by atoms with Gasteiger partial charge in [0.1, 0.15) is 0 Å². The highest BCUT2D eigenvalue weighted by atomic mass is 16.2. The third kappa shape index (κ3) is 2.97. The molecule has 1 aliphatic carbocycles. The molecule has 94 valence electrons. The normalized spacial score (nSPS) is 20.5. The Labute approximate surface area is 99.2 Å². The van der Waals surface area contributed by atoms with Gasteiger partial charge in [-0.1, -0.05) is 33.1 Å². The highest BCUT2D eigenvalue weighted by Crippen LogP contribution is 2.27. The van der Waals surface area contributed by atoms with Crippen molar-refractivity contribution in [2.45, 2.75) is 76.8 Å². The molecule has 0 heterocycles. The second-order valence-corrected chi connectivity index (χ2v) is 5.44. The van der Waals surface area contributed by atoms with E-state index in [-0.39, 0.29) is 11.4 Å². The number of carbonyl (C=O) groups excluding carboxylic acids is 1. The van der Waals surface area contributed by atoms with Crippen molar-refractivity contribution in [1.82, 2.24) is 5.32 Å². The number of amides is 1. The van der Waals surface area contributed by atoms with Crippen LogP contribution < -0.4 is 11.1 Å². The number of hydrogen-bond donors (Lipinski definition) is 2. The van der Waals surface area contributed by atoms with Crippen LogP contribution in [0.4, 0.5) is 0 Å². The lowest BCUT2D eigenvalue weighted by Crippen LogP contribution is -2.60. The predicted molar refractivity (Wildman–Crippen MR) is 67.1 cm³/mol. The molecule has 0 saturated heterocycles. The van der Waals surface area contributed by atoms with Crippen molar-refractivity contribution in [1.29, 1.82) is 0 Å². The minimum atomic E-state index is -0.607. The van der Waals surface area contributed by atoms with Crippen LogP contribution >= 0.6 is 0 Å². The van der Waals surface area contributed by atoms with Gasteiger partial charge in [-0.2, -0.15) is 0 Å². The van der Waals surface area contributed by atoms with E-state index < -0.39 is 5.54 Å². The number of hydrogen-bond acceptors (Lipinski definition) is 2. The Kier molecular flexibility index (Phi) is 4.36. The molecule has 0 bridgehead atoms. The summed E-state index contributed by atoms with van der Waals surface area (Å²) in [6.45, 7) is 6.30. The lowest BCUT2D eigenvalue weighted by molar-refractivity contribution is -0.129. The Bertz CT molecular complexity index is 240. The lowest BCUT2D eigenvalue weighted by atomic mass is 9.81. The highest BCUT2D eigenvalue weighted by molar-refractivity contribution is 5.86. The molecule has 0 radical (unpaired) electrons. The van der Waals surface area contributed by atoms with E-state index in [9.17, 15) is 4.79 Å². The maximum Gasteiger partial charge on any atom is 0.240 e. The first kappa shape index (κ1) is 13.5. The van der Waals surface area contributed by atoms with Gasteiger partial charge in [-0.25, -0.2) is 0 Å². The van der Waals surface area contributed by atoms with Gasteiger partial charge in [0.15, 0.2) is 0 Å². The summed E-state index contributed by atoms with van der Waals surface area (Å²) < 4.78 is 0. The summed E-state index contributed by atoms with van der Waals surface area (Å²) in [6, 6.07) is 0. The zero-order valence-corrected chi connectivity index (χ0v) is 10.9. The first-order chi connectivity index (χ1) is 7.46. The standard InChI is InChI=1S/C13H26N2O/c1-4-12(3,5-2)15-11(16)13(14)9-7-6-8-10-13/h4-10,14H2,1-3H3,(H,15,16). The topological polar surface area (TPSA) is 55.1 Å². The summed E-state index contributed by atoms with van der Waals surface area (Å²) in [5.74, 6) is 0.0541. The van der Waals surface area contributed by atoms with Crippen molar-refractivity contribution < 1.29 is 4.79 Å². The van der Waals surface area contributed by atoms with Gasteiger partial charge in [0.2, 0.25) is 5.91 Å². The van der Waals surface area contributed by atoms with E-state index in [1.165, 1.54) is 6.42 Å². The molecule has 3 N–H and O–H groups in total. The van der Waals surface area contributed by atoms with Crippen LogP contribution in [-0.4, -0.2) is 17.0 Å². The van der Waals surface area contributed by atoms with Crippen molar-refractivity contribution >= 4 is 5.91 Å². The van der Waals surface area contributed by atoms with Crippen molar-refractivity contribution in [3.63, 3.8) is 0 Å². The monoisotopic (exact) mass is 226 g/mol. The zero-order valence-electron chi connectivity index (χ0n) is 10.9. The van der Waals surface area contributed by atoms with Crippen LogP contribution in [0.5, 0.6) is 0 Å². The highest BCUT2D eigenvalue weighted by Gasteiger charge is 2.37. The van der Waals surface area contributed by atoms with E-state index >= 15 is 0 Å². The molecule has 1 fully saturated rings. The fourth-order valence-corrected chi connectivity index (χ4v) is 2.24. The van der Waals surface area contributed by atoms with E-state index in [4.69, 9.17) is 5.73 Å². The van der Waals surface area contributed by atoms with Crippen LogP contribution in [0.1, 0.15) is 65.7 Å². The third-order valence-corrected chi connectivity index (χ3v) is 4.17. The van der Waals surface area contributed by atoms with Gasteiger partial charge in [0, 0.05) is 5.54 Å². The summed E-state index contributed by atoms with van der Waals surface area (Å²) >= 11 is 0. The Morgan fingerprint density at radius 3 is 2.19 bits per heavy atom. The summed E-state index contributed by atoms with van der Waals surface area (Å²) in [5.41, 5.74) is 5.50. The molecular formula is C13H26N2O. The molecule has 1 aliphatic rings. The summed E-state index contributed by atoms with van der Waals surface area (Å²) in [4.78, 5) is 12.2. The van der Waals surface area contributed by atoms with Crippen molar-refractivity contribution in [3.8, 4) is 0 Å². The van der Waals surface area contributed by atoms with Crippen LogP contribution in [0.3, 0.4) is 0 Å². The number of carbonyl (C=O) groups is 1. The van der Waals surface area contributed by atoms with Gasteiger partial charge in [-0.05, 0) is 32.6 Å². The molecule has 3 heteroatoms. The van der Waals surface area contributed by atoms with Crippen LogP contribution in [0, 0.1) is 0 Å². The maximum absolute atomic E-state index is 12.2. The van der Waals surface area contributed by atoms with E-state index in [0.717, 1.165) is 38.5 Å². The van der Waals surface area contributed by atoms with Crippen LogP contribution in [-0.2, 0) is 4.79 Å².